The van der Waals surface area contributed by atoms with Gasteiger partial charge < -0.3 is 10.6 Å². The Labute approximate surface area is 300 Å². The topological polar surface area (TPSA) is 58.7 Å². The number of hydrogen-bond donors (Lipinski definition) is 2. The number of benzene rings is 4. The van der Waals surface area contributed by atoms with Crippen LogP contribution in [0.2, 0.25) is 0 Å². The molecule has 8 aromatic rings. The quantitative estimate of drug-likeness (QED) is 0.161. The fraction of sp³-hybridized carbons (Fsp3) is 0.0732. The number of fused-ring (bicyclic) bond motifs is 2. The lowest BCUT2D eigenvalue weighted by Gasteiger charge is -2.12. The molecule has 12 heteroatoms. The standard InChI is InChI=1S/C21H16F3N3.C20H14F3N3/c1-2-16-4-3-5-19-26-20(17-11-8-14(23)12-18(17)24)21(27(16)19)25-15-9-6-13(22)7-10-15;1-12-3-2-4-18-25-19(16-10-7-14(22)11-17(16)23)20(26(12)18)24-15-8-5-13(21)6-9-15/h3-12,25H,2H2,1H3;2-11,24H,1H3. The van der Waals surface area contributed by atoms with Gasteiger partial charge in [0.25, 0.3) is 0 Å². The Morgan fingerprint density at radius 3 is 1.42 bits per heavy atom. The molecule has 0 saturated heterocycles. The van der Waals surface area contributed by atoms with Crippen LogP contribution in [-0.4, -0.2) is 18.8 Å². The maximum atomic E-state index is 14.5. The highest BCUT2D eigenvalue weighted by Gasteiger charge is 2.21. The third-order valence-corrected chi connectivity index (χ3v) is 8.51. The summed E-state index contributed by atoms with van der Waals surface area (Å²) in [6, 6.07) is 29.7. The Balaban J connectivity index is 0.000000164. The molecule has 6 nitrogen and oxygen atoms in total. The molecule has 4 heterocycles. The summed E-state index contributed by atoms with van der Waals surface area (Å²) < 4.78 is 85.6. The number of anilines is 4. The molecule has 4 aromatic heterocycles. The van der Waals surface area contributed by atoms with E-state index in [9.17, 15) is 26.3 Å². The number of nitrogens with zero attached hydrogens (tertiary/aromatic N) is 4. The van der Waals surface area contributed by atoms with Gasteiger partial charge in [0, 0.05) is 46.0 Å². The second-order valence-electron chi connectivity index (χ2n) is 12.1. The van der Waals surface area contributed by atoms with Gasteiger partial charge in [-0.05, 0) is 110 Å². The van der Waals surface area contributed by atoms with Crippen molar-refractivity contribution in [1.29, 1.82) is 0 Å². The largest absolute Gasteiger partial charge is 0.339 e. The monoisotopic (exact) mass is 720 g/mol. The van der Waals surface area contributed by atoms with Gasteiger partial charge in [-0.25, -0.2) is 36.3 Å². The van der Waals surface area contributed by atoms with Crippen molar-refractivity contribution in [2.24, 2.45) is 0 Å². The highest BCUT2D eigenvalue weighted by atomic mass is 19.2. The average molecular weight is 721 g/mol. The first-order valence-corrected chi connectivity index (χ1v) is 16.5. The van der Waals surface area contributed by atoms with Crippen LogP contribution in [0.5, 0.6) is 0 Å². The number of nitrogens with one attached hydrogen (secondary N) is 2. The smallest absolute Gasteiger partial charge is 0.143 e. The number of pyridine rings is 2. The number of imidazole rings is 2. The predicted octanol–water partition coefficient (Wildman–Crippen LogP) is 11.2. The lowest BCUT2D eigenvalue weighted by molar-refractivity contribution is 0.584. The molecule has 0 aliphatic carbocycles. The van der Waals surface area contributed by atoms with Gasteiger partial charge in [-0.15, -0.1) is 0 Å². The van der Waals surface area contributed by atoms with Crippen molar-refractivity contribution in [1.82, 2.24) is 18.8 Å². The van der Waals surface area contributed by atoms with E-state index in [1.165, 1.54) is 48.5 Å². The van der Waals surface area contributed by atoms with Crippen LogP contribution in [0.3, 0.4) is 0 Å². The zero-order chi connectivity index (χ0) is 37.2. The Morgan fingerprint density at radius 2 is 0.943 bits per heavy atom. The van der Waals surface area contributed by atoms with E-state index in [1.807, 2.05) is 53.0 Å². The summed E-state index contributed by atoms with van der Waals surface area (Å²) in [5.41, 5.74) is 5.44. The van der Waals surface area contributed by atoms with Crippen molar-refractivity contribution in [3.63, 3.8) is 0 Å². The summed E-state index contributed by atoms with van der Waals surface area (Å²) >= 11 is 0. The van der Waals surface area contributed by atoms with E-state index in [4.69, 9.17) is 0 Å². The molecule has 0 amide bonds. The number of halogens is 6. The van der Waals surface area contributed by atoms with Crippen LogP contribution < -0.4 is 10.6 Å². The van der Waals surface area contributed by atoms with Gasteiger partial charge in [-0.3, -0.25) is 8.80 Å². The molecule has 8 rings (SSSR count). The first-order chi connectivity index (χ1) is 25.6. The summed E-state index contributed by atoms with van der Waals surface area (Å²) in [6.07, 6.45) is 0.733. The van der Waals surface area contributed by atoms with E-state index in [0.29, 0.717) is 45.7 Å². The fourth-order valence-corrected chi connectivity index (χ4v) is 6.00. The number of hydrogen-bond acceptors (Lipinski definition) is 4. The van der Waals surface area contributed by atoms with Gasteiger partial charge >= 0.3 is 0 Å². The van der Waals surface area contributed by atoms with Gasteiger partial charge in [0.1, 0.15) is 69.2 Å². The third-order valence-electron chi connectivity index (χ3n) is 8.51. The summed E-state index contributed by atoms with van der Waals surface area (Å²) in [7, 11) is 0. The molecular formula is C41H30F6N6. The van der Waals surface area contributed by atoms with E-state index in [-0.39, 0.29) is 22.8 Å². The summed E-state index contributed by atoms with van der Waals surface area (Å²) in [6.45, 7) is 3.91. The average Bonchev–Trinajstić information content (AvgIpc) is 3.69. The molecule has 0 fully saturated rings. The van der Waals surface area contributed by atoms with E-state index < -0.39 is 23.3 Å². The van der Waals surface area contributed by atoms with Gasteiger partial charge in [0.05, 0.1) is 0 Å². The second-order valence-corrected chi connectivity index (χ2v) is 12.1. The van der Waals surface area contributed by atoms with Gasteiger partial charge in [-0.2, -0.15) is 0 Å². The summed E-state index contributed by atoms with van der Waals surface area (Å²) in [4.78, 5) is 9.07. The molecule has 0 atom stereocenters. The minimum Gasteiger partial charge on any atom is -0.339 e. The number of aryl methyl sites for hydroxylation is 2. The van der Waals surface area contributed by atoms with E-state index in [2.05, 4.69) is 20.6 Å². The van der Waals surface area contributed by atoms with Crippen LogP contribution in [0.15, 0.2) is 121 Å². The zero-order valence-corrected chi connectivity index (χ0v) is 28.3. The normalized spacial score (nSPS) is 11.1. The number of rotatable bonds is 7. The molecule has 0 aliphatic rings. The second kappa shape index (κ2) is 14.6. The van der Waals surface area contributed by atoms with Gasteiger partial charge in [0.2, 0.25) is 0 Å². The minimum atomic E-state index is -0.701. The van der Waals surface area contributed by atoms with Crippen LogP contribution in [0.25, 0.3) is 33.8 Å². The zero-order valence-electron chi connectivity index (χ0n) is 28.3. The molecular weight excluding hydrogens is 690 g/mol. The van der Waals surface area contributed by atoms with Crippen molar-refractivity contribution in [2.45, 2.75) is 20.3 Å². The molecule has 266 valence electrons. The van der Waals surface area contributed by atoms with E-state index in [0.717, 1.165) is 29.9 Å². The lowest BCUT2D eigenvalue weighted by Crippen LogP contribution is -2.02. The Hall–Kier alpha value is -6.56. The third kappa shape index (κ3) is 7.16. The molecule has 2 N–H and O–H groups in total. The highest BCUT2D eigenvalue weighted by molar-refractivity contribution is 5.81. The maximum Gasteiger partial charge on any atom is 0.143 e. The summed E-state index contributed by atoms with van der Waals surface area (Å²) in [5.74, 6) is -2.34. The van der Waals surface area contributed by atoms with Crippen molar-refractivity contribution in [3.05, 3.63) is 168 Å². The summed E-state index contributed by atoms with van der Waals surface area (Å²) in [5, 5.41) is 6.39. The van der Waals surface area contributed by atoms with Crippen LogP contribution in [0, 0.1) is 41.8 Å². The fourth-order valence-electron chi connectivity index (χ4n) is 6.00. The molecule has 0 unspecified atom stereocenters. The van der Waals surface area contributed by atoms with Crippen LogP contribution >= 0.6 is 0 Å². The molecule has 0 bridgehead atoms. The molecule has 4 aromatic carbocycles. The van der Waals surface area contributed by atoms with Crippen LogP contribution in [0.1, 0.15) is 18.3 Å². The lowest BCUT2D eigenvalue weighted by atomic mass is 10.1. The predicted molar refractivity (Wildman–Crippen MR) is 195 cm³/mol. The van der Waals surface area contributed by atoms with Crippen molar-refractivity contribution in [3.8, 4) is 22.5 Å². The van der Waals surface area contributed by atoms with Crippen molar-refractivity contribution < 1.29 is 26.3 Å². The van der Waals surface area contributed by atoms with Crippen LogP contribution in [0.4, 0.5) is 49.4 Å². The first kappa shape index (κ1) is 34.9. The Bertz CT molecular complexity index is 2580. The van der Waals surface area contributed by atoms with E-state index >= 15 is 0 Å². The van der Waals surface area contributed by atoms with Crippen molar-refractivity contribution in [2.75, 3.05) is 10.6 Å². The Kier molecular flexibility index (Phi) is 9.60. The number of aromatic nitrogens is 4. The van der Waals surface area contributed by atoms with Crippen molar-refractivity contribution >= 4 is 34.3 Å². The Morgan fingerprint density at radius 1 is 0.509 bits per heavy atom. The van der Waals surface area contributed by atoms with Crippen LogP contribution in [-0.2, 0) is 6.42 Å². The SMILES string of the molecule is CCc1cccc2nc(-c3ccc(F)cc3F)c(Nc3ccc(F)cc3)n12.Cc1cccc2nc(-c3ccc(F)cc3F)c(Nc3ccc(F)cc3)n12. The van der Waals surface area contributed by atoms with Gasteiger partial charge in [-0.1, -0.05) is 19.1 Å². The molecule has 0 aliphatic heterocycles. The maximum absolute atomic E-state index is 14.5. The molecule has 53 heavy (non-hydrogen) atoms. The molecule has 0 radical (unpaired) electrons. The minimum absolute atomic E-state index is 0.180. The first-order valence-electron chi connectivity index (χ1n) is 16.5. The highest BCUT2D eigenvalue weighted by Crippen LogP contribution is 2.35. The molecule has 0 saturated carbocycles. The molecule has 0 spiro atoms. The van der Waals surface area contributed by atoms with Gasteiger partial charge in [0.15, 0.2) is 0 Å². The van der Waals surface area contributed by atoms with E-state index in [1.54, 1.807) is 30.3 Å².